The highest BCUT2D eigenvalue weighted by atomic mass is 16.2. The van der Waals surface area contributed by atoms with Gasteiger partial charge in [-0.2, -0.15) is 0 Å². The quantitative estimate of drug-likeness (QED) is 0.778. The normalized spacial score (nSPS) is 14.6. The van der Waals surface area contributed by atoms with Gasteiger partial charge >= 0.3 is 0 Å². The molecule has 0 aromatic heterocycles. The third-order valence-corrected chi connectivity index (χ3v) is 4.45. The van der Waals surface area contributed by atoms with E-state index in [1.54, 1.807) is 0 Å². The Labute approximate surface area is 148 Å². The topological polar surface area (TPSA) is 58.2 Å². The van der Waals surface area contributed by atoms with Crippen molar-refractivity contribution in [1.29, 1.82) is 0 Å². The van der Waals surface area contributed by atoms with Crippen LogP contribution in [0.1, 0.15) is 36.4 Å². The minimum atomic E-state index is -0.0548. The van der Waals surface area contributed by atoms with Gasteiger partial charge in [-0.15, -0.1) is 0 Å². The first-order chi connectivity index (χ1) is 12.2. The molecule has 25 heavy (non-hydrogen) atoms. The second-order valence-corrected chi connectivity index (χ2v) is 6.56. The third kappa shape index (κ3) is 5.45. The maximum Gasteiger partial charge on any atom is 0.224 e. The summed E-state index contributed by atoms with van der Waals surface area (Å²) in [6.07, 6.45) is 2.97. The molecule has 2 N–H and O–H groups in total. The van der Waals surface area contributed by atoms with Crippen LogP contribution >= 0.6 is 0 Å². The van der Waals surface area contributed by atoms with Gasteiger partial charge in [0.25, 0.3) is 0 Å². The van der Waals surface area contributed by atoms with E-state index in [1.165, 1.54) is 0 Å². The molecule has 130 valence electrons. The minimum Gasteiger partial charge on any atom is -0.355 e. The first kappa shape index (κ1) is 17.2. The number of nitrogens with one attached hydrogen (secondary N) is 2. The van der Waals surface area contributed by atoms with Gasteiger partial charge in [-0.05, 0) is 29.9 Å². The maximum atomic E-state index is 12.2. The molecule has 1 atom stereocenters. The van der Waals surface area contributed by atoms with E-state index in [2.05, 4.69) is 22.8 Å². The molecule has 0 saturated heterocycles. The van der Waals surface area contributed by atoms with Crippen LogP contribution < -0.4 is 10.6 Å². The molecule has 2 amide bonds. The molecule has 4 heteroatoms. The molecule has 2 aromatic rings. The lowest BCUT2D eigenvalue weighted by atomic mass is 10.0. The van der Waals surface area contributed by atoms with Crippen molar-refractivity contribution in [3.05, 3.63) is 71.8 Å². The lowest BCUT2D eigenvalue weighted by Gasteiger charge is -2.19. The summed E-state index contributed by atoms with van der Waals surface area (Å²) in [5.74, 6) is 0.473. The van der Waals surface area contributed by atoms with E-state index in [4.69, 9.17) is 0 Å². The standard InChI is InChI=1S/C21H24N2O2/c24-19(13-14-22-20(25)15-16-7-3-1-4-8-16)23-21(18-11-12-18)17-9-5-2-6-10-17/h1-10,18,21H,11-15H2,(H,22,25)(H,23,24). The molecule has 1 saturated carbocycles. The van der Waals surface area contributed by atoms with E-state index in [-0.39, 0.29) is 17.9 Å². The number of benzene rings is 2. The smallest absolute Gasteiger partial charge is 0.224 e. The third-order valence-electron chi connectivity index (χ3n) is 4.45. The van der Waals surface area contributed by atoms with Crippen LogP contribution in [0, 0.1) is 5.92 Å². The van der Waals surface area contributed by atoms with Crippen LogP contribution in [0.5, 0.6) is 0 Å². The Bertz CT molecular complexity index is 696. The van der Waals surface area contributed by atoms with E-state index < -0.39 is 0 Å². The summed E-state index contributed by atoms with van der Waals surface area (Å²) in [7, 11) is 0. The Kier molecular flexibility index (Phi) is 5.83. The highest BCUT2D eigenvalue weighted by molar-refractivity contribution is 5.80. The highest BCUT2D eigenvalue weighted by Crippen LogP contribution is 2.40. The van der Waals surface area contributed by atoms with Crippen LogP contribution in [0.15, 0.2) is 60.7 Å². The van der Waals surface area contributed by atoms with Gasteiger partial charge in [0.1, 0.15) is 0 Å². The average molecular weight is 336 g/mol. The van der Waals surface area contributed by atoms with E-state index >= 15 is 0 Å². The van der Waals surface area contributed by atoms with Crippen molar-refractivity contribution < 1.29 is 9.59 Å². The Morgan fingerprint density at radius 2 is 1.56 bits per heavy atom. The van der Waals surface area contributed by atoms with Crippen molar-refractivity contribution in [3.63, 3.8) is 0 Å². The largest absolute Gasteiger partial charge is 0.355 e. The number of hydrogen-bond donors (Lipinski definition) is 2. The molecular formula is C21H24N2O2. The summed E-state index contributed by atoms with van der Waals surface area (Å²) in [6.45, 7) is 0.365. The van der Waals surface area contributed by atoms with Gasteiger partial charge in [-0.25, -0.2) is 0 Å². The fourth-order valence-electron chi connectivity index (χ4n) is 2.97. The molecule has 0 bridgehead atoms. The first-order valence-electron chi connectivity index (χ1n) is 8.87. The molecule has 0 radical (unpaired) electrons. The lowest BCUT2D eigenvalue weighted by molar-refractivity contribution is -0.122. The van der Waals surface area contributed by atoms with Crippen LogP contribution in [0.4, 0.5) is 0 Å². The van der Waals surface area contributed by atoms with E-state index in [1.807, 2.05) is 48.5 Å². The molecule has 0 aliphatic heterocycles. The molecule has 2 aromatic carbocycles. The second-order valence-electron chi connectivity index (χ2n) is 6.56. The predicted molar refractivity (Wildman–Crippen MR) is 97.8 cm³/mol. The number of hydrogen-bond acceptors (Lipinski definition) is 2. The zero-order valence-electron chi connectivity index (χ0n) is 14.3. The van der Waals surface area contributed by atoms with Crippen molar-refractivity contribution in [1.82, 2.24) is 10.6 Å². The van der Waals surface area contributed by atoms with Gasteiger partial charge < -0.3 is 10.6 Å². The fraction of sp³-hybridized carbons (Fsp3) is 0.333. The molecule has 4 nitrogen and oxygen atoms in total. The fourth-order valence-corrected chi connectivity index (χ4v) is 2.97. The van der Waals surface area contributed by atoms with Gasteiger partial charge in [-0.1, -0.05) is 60.7 Å². The molecule has 1 aliphatic rings. The first-order valence-corrected chi connectivity index (χ1v) is 8.87. The molecule has 1 unspecified atom stereocenters. The van der Waals surface area contributed by atoms with Crippen LogP contribution in [0.3, 0.4) is 0 Å². The van der Waals surface area contributed by atoms with Crippen LogP contribution in [-0.2, 0) is 16.0 Å². The van der Waals surface area contributed by atoms with Crippen LogP contribution in [0.2, 0.25) is 0 Å². The molecule has 3 rings (SSSR count). The Morgan fingerprint density at radius 3 is 2.20 bits per heavy atom. The minimum absolute atomic E-state index is 0.0132. The van der Waals surface area contributed by atoms with E-state index in [0.29, 0.717) is 25.3 Å². The van der Waals surface area contributed by atoms with E-state index in [9.17, 15) is 9.59 Å². The van der Waals surface area contributed by atoms with Crippen LogP contribution in [-0.4, -0.2) is 18.4 Å². The Morgan fingerprint density at radius 1 is 0.920 bits per heavy atom. The van der Waals surface area contributed by atoms with Crippen molar-refractivity contribution in [2.75, 3.05) is 6.54 Å². The van der Waals surface area contributed by atoms with Gasteiger partial charge in [0.15, 0.2) is 0 Å². The highest BCUT2D eigenvalue weighted by Gasteiger charge is 2.33. The lowest BCUT2D eigenvalue weighted by Crippen LogP contribution is -2.34. The summed E-state index contributed by atoms with van der Waals surface area (Å²) < 4.78 is 0. The summed E-state index contributed by atoms with van der Waals surface area (Å²) in [6, 6.07) is 19.8. The average Bonchev–Trinajstić information content (AvgIpc) is 3.46. The SMILES string of the molecule is O=C(Cc1ccccc1)NCCC(=O)NC(c1ccccc1)C1CC1. The monoisotopic (exact) mass is 336 g/mol. The van der Waals surface area contributed by atoms with E-state index in [0.717, 1.165) is 24.0 Å². The van der Waals surface area contributed by atoms with Gasteiger partial charge in [0.2, 0.25) is 11.8 Å². The number of amides is 2. The van der Waals surface area contributed by atoms with Crippen molar-refractivity contribution in [2.45, 2.75) is 31.7 Å². The molecular weight excluding hydrogens is 312 g/mol. The van der Waals surface area contributed by atoms with Crippen molar-refractivity contribution >= 4 is 11.8 Å². The zero-order valence-corrected chi connectivity index (χ0v) is 14.3. The second kappa shape index (κ2) is 8.47. The molecule has 1 aliphatic carbocycles. The molecule has 0 spiro atoms. The van der Waals surface area contributed by atoms with Crippen molar-refractivity contribution in [2.24, 2.45) is 5.92 Å². The van der Waals surface area contributed by atoms with Crippen LogP contribution in [0.25, 0.3) is 0 Å². The summed E-state index contributed by atoms with van der Waals surface area (Å²) >= 11 is 0. The molecule has 1 fully saturated rings. The Balaban J connectivity index is 1.42. The van der Waals surface area contributed by atoms with Gasteiger partial charge in [-0.3, -0.25) is 9.59 Å². The Hall–Kier alpha value is -2.62. The number of carbonyl (C=O) groups excluding carboxylic acids is 2. The van der Waals surface area contributed by atoms with Gasteiger partial charge in [0.05, 0.1) is 12.5 Å². The van der Waals surface area contributed by atoms with Crippen molar-refractivity contribution in [3.8, 4) is 0 Å². The number of rotatable bonds is 8. The predicted octanol–water partition coefficient (Wildman–Crippen LogP) is 3.00. The maximum absolute atomic E-state index is 12.2. The zero-order chi connectivity index (χ0) is 17.5. The summed E-state index contributed by atoms with van der Waals surface area (Å²) in [5.41, 5.74) is 2.13. The summed E-state index contributed by atoms with van der Waals surface area (Å²) in [4.78, 5) is 24.1. The summed E-state index contributed by atoms with van der Waals surface area (Å²) in [5, 5.41) is 5.95. The van der Waals surface area contributed by atoms with Gasteiger partial charge in [0, 0.05) is 13.0 Å². The molecule has 0 heterocycles. The number of carbonyl (C=O) groups is 2.